The van der Waals surface area contributed by atoms with Crippen LogP contribution in [0.25, 0.3) is 11.1 Å². The molecule has 0 amide bonds. The summed E-state index contributed by atoms with van der Waals surface area (Å²) in [7, 11) is 0. The zero-order valence-electron chi connectivity index (χ0n) is 10.5. The normalized spacial score (nSPS) is 14.4. The smallest absolute Gasteiger partial charge is 0.294 e. The number of alkyl halides is 3. The first kappa shape index (κ1) is 12.9. The van der Waals surface area contributed by atoms with E-state index >= 15 is 0 Å². The Bertz CT molecular complexity index is 686. The van der Waals surface area contributed by atoms with E-state index in [1.165, 1.54) is 6.07 Å². The zero-order valence-corrected chi connectivity index (χ0v) is 10.5. The third-order valence-electron chi connectivity index (χ3n) is 3.55. The molecular weight excluding hydrogens is 265 g/mol. The van der Waals surface area contributed by atoms with E-state index in [-0.39, 0.29) is 5.78 Å². The highest BCUT2D eigenvalue weighted by Gasteiger charge is 2.31. The minimum atomic E-state index is -4.38. The van der Waals surface area contributed by atoms with Gasteiger partial charge in [-0.15, -0.1) is 0 Å². The maximum Gasteiger partial charge on any atom is 0.416 e. The molecule has 1 aliphatic carbocycles. The van der Waals surface area contributed by atoms with Gasteiger partial charge in [0.25, 0.3) is 0 Å². The summed E-state index contributed by atoms with van der Waals surface area (Å²) < 4.78 is 38.3. The van der Waals surface area contributed by atoms with Crippen LogP contribution in [0.2, 0.25) is 0 Å². The lowest BCUT2D eigenvalue weighted by Crippen LogP contribution is -2.05. The molecule has 20 heavy (non-hydrogen) atoms. The van der Waals surface area contributed by atoms with E-state index in [1.807, 2.05) is 6.07 Å². The van der Waals surface area contributed by atoms with E-state index in [9.17, 15) is 18.0 Å². The Kier molecular flexibility index (Phi) is 2.89. The Labute approximate surface area is 114 Å². The van der Waals surface area contributed by atoms with Crippen molar-refractivity contribution in [1.29, 1.82) is 0 Å². The highest BCUT2D eigenvalue weighted by molar-refractivity contribution is 6.06. The molecule has 0 N–H and O–H groups in total. The fourth-order valence-electron chi connectivity index (χ4n) is 2.61. The minimum absolute atomic E-state index is 0.00742. The molecule has 0 bridgehead atoms. The van der Waals surface area contributed by atoms with Crippen LogP contribution in [0.4, 0.5) is 13.2 Å². The number of hydrogen-bond acceptors (Lipinski definition) is 1. The van der Waals surface area contributed by atoms with Crippen LogP contribution in [-0.2, 0) is 12.6 Å². The summed E-state index contributed by atoms with van der Waals surface area (Å²) in [5.41, 5.74) is 1.83. The average Bonchev–Trinajstić information content (AvgIpc) is 2.80. The molecule has 0 heterocycles. The van der Waals surface area contributed by atoms with E-state index in [1.54, 1.807) is 18.2 Å². The second kappa shape index (κ2) is 4.47. The summed E-state index contributed by atoms with van der Waals surface area (Å²) in [6.45, 7) is 0. The monoisotopic (exact) mass is 276 g/mol. The highest BCUT2D eigenvalue weighted by Crippen LogP contribution is 2.36. The van der Waals surface area contributed by atoms with Crippen molar-refractivity contribution >= 4 is 5.78 Å². The maximum atomic E-state index is 12.8. The first-order valence-electron chi connectivity index (χ1n) is 6.29. The van der Waals surface area contributed by atoms with Crippen molar-refractivity contribution in [3.05, 3.63) is 59.2 Å². The lowest BCUT2D eigenvalue weighted by molar-refractivity contribution is -0.137. The molecule has 4 heteroatoms. The number of aryl methyl sites for hydroxylation is 1. The molecule has 1 nitrogen and oxygen atoms in total. The van der Waals surface area contributed by atoms with Crippen molar-refractivity contribution in [2.45, 2.75) is 19.0 Å². The number of fused-ring (bicyclic) bond motifs is 1. The average molecular weight is 276 g/mol. The van der Waals surface area contributed by atoms with Gasteiger partial charge in [-0.3, -0.25) is 4.79 Å². The lowest BCUT2D eigenvalue weighted by atomic mass is 9.95. The van der Waals surface area contributed by atoms with Crippen LogP contribution in [0.15, 0.2) is 42.5 Å². The number of benzene rings is 2. The highest BCUT2D eigenvalue weighted by atomic mass is 19.4. The molecule has 0 aliphatic heterocycles. The summed E-state index contributed by atoms with van der Waals surface area (Å²) in [4.78, 5) is 11.9. The van der Waals surface area contributed by atoms with Gasteiger partial charge in [-0.2, -0.15) is 13.2 Å². The Morgan fingerprint density at radius 1 is 0.950 bits per heavy atom. The Balaban J connectivity index is 2.16. The minimum Gasteiger partial charge on any atom is -0.294 e. The fraction of sp³-hybridized carbons (Fsp3) is 0.188. The number of carbonyl (C=O) groups excluding carboxylic acids is 1. The summed E-state index contributed by atoms with van der Waals surface area (Å²) in [5, 5.41) is 0. The van der Waals surface area contributed by atoms with Crippen LogP contribution < -0.4 is 0 Å². The van der Waals surface area contributed by atoms with Crippen molar-refractivity contribution in [3.8, 4) is 11.1 Å². The quantitative estimate of drug-likeness (QED) is 0.749. The number of rotatable bonds is 1. The first-order valence-corrected chi connectivity index (χ1v) is 6.29. The molecule has 0 fully saturated rings. The van der Waals surface area contributed by atoms with Gasteiger partial charge in [-0.25, -0.2) is 0 Å². The molecule has 0 saturated heterocycles. The van der Waals surface area contributed by atoms with Crippen molar-refractivity contribution in [3.63, 3.8) is 0 Å². The van der Waals surface area contributed by atoms with Gasteiger partial charge in [-0.05, 0) is 35.2 Å². The lowest BCUT2D eigenvalue weighted by Gasteiger charge is -2.11. The summed E-state index contributed by atoms with van der Waals surface area (Å²) in [6.07, 6.45) is -3.27. The predicted molar refractivity (Wildman–Crippen MR) is 69.5 cm³/mol. The standard InChI is InChI=1S/C16H11F3O/c17-16(18,19)12-5-1-4-11(9-12)13-6-2-3-10-7-8-14(20)15(10)13/h1-6,9H,7-8H2. The van der Waals surface area contributed by atoms with Crippen molar-refractivity contribution < 1.29 is 18.0 Å². The molecule has 102 valence electrons. The number of carbonyl (C=O) groups is 1. The van der Waals surface area contributed by atoms with E-state index in [2.05, 4.69) is 0 Å². The van der Waals surface area contributed by atoms with Crippen LogP contribution in [-0.4, -0.2) is 5.78 Å². The summed E-state index contributed by atoms with van der Waals surface area (Å²) >= 11 is 0. The van der Waals surface area contributed by atoms with Gasteiger partial charge >= 0.3 is 6.18 Å². The van der Waals surface area contributed by atoms with E-state index in [0.717, 1.165) is 17.7 Å². The summed E-state index contributed by atoms with van der Waals surface area (Å²) in [6, 6.07) is 10.5. The summed E-state index contributed by atoms with van der Waals surface area (Å²) in [5.74, 6) is 0.00742. The molecule has 3 rings (SSSR count). The maximum absolute atomic E-state index is 12.8. The molecule has 0 radical (unpaired) electrons. The van der Waals surface area contributed by atoms with Crippen molar-refractivity contribution in [2.24, 2.45) is 0 Å². The second-order valence-corrected chi connectivity index (χ2v) is 4.84. The van der Waals surface area contributed by atoms with Crippen LogP contribution in [0.1, 0.15) is 27.9 Å². The van der Waals surface area contributed by atoms with E-state index in [4.69, 9.17) is 0 Å². The topological polar surface area (TPSA) is 17.1 Å². The molecule has 2 aromatic carbocycles. The predicted octanol–water partition coefficient (Wildman–Crippen LogP) is 4.50. The molecule has 2 aromatic rings. The van der Waals surface area contributed by atoms with E-state index < -0.39 is 11.7 Å². The number of halogens is 3. The molecular formula is C16H11F3O. The Hall–Kier alpha value is -2.10. The third-order valence-corrected chi connectivity index (χ3v) is 3.55. The molecule has 0 unspecified atom stereocenters. The number of hydrogen-bond donors (Lipinski definition) is 0. The van der Waals surface area contributed by atoms with Crippen molar-refractivity contribution in [1.82, 2.24) is 0 Å². The molecule has 0 saturated carbocycles. The molecule has 1 aliphatic rings. The van der Waals surface area contributed by atoms with Crippen LogP contribution >= 0.6 is 0 Å². The zero-order chi connectivity index (χ0) is 14.3. The van der Waals surface area contributed by atoms with Crippen LogP contribution in [0, 0.1) is 0 Å². The molecule has 0 atom stereocenters. The molecule has 0 aromatic heterocycles. The van der Waals surface area contributed by atoms with Gasteiger partial charge in [0.15, 0.2) is 5.78 Å². The SMILES string of the molecule is O=C1CCc2cccc(-c3cccc(C(F)(F)F)c3)c21. The largest absolute Gasteiger partial charge is 0.416 e. The van der Waals surface area contributed by atoms with E-state index in [0.29, 0.717) is 29.5 Å². The number of ketones is 1. The van der Waals surface area contributed by atoms with Crippen LogP contribution in [0.3, 0.4) is 0 Å². The van der Waals surface area contributed by atoms with Crippen molar-refractivity contribution in [2.75, 3.05) is 0 Å². The van der Waals surface area contributed by atoms with Gasteiger partial charge in [0.2, 0.25) is 0 Å². The second-order valence-electron chi connectivity index (χ2n) is 4.84. The Morgan fingerprint density at radius 3 is 2.45 bits per heavy atom. The van der Waals surface area contributed by atoms with Crippen LogP contribution in [0.5, 0.6) is 0 Å². The third kappa shape index (κ3) is 2.11. The Morgan fingerprint density at radius 2 is 1.70 bits per heavy atom. The number of Topliss-reactive ketones (excluding diaryl/α,β-unsaturated/α-hetero) is 1. The fourth-order valence-corrected chi connectivity index (χ4v) is 2.61. The van der Waals surface area contributed by atoms with Gasteiger partial charge in [-0.1, -0.05) is 30.3 Å². The molecule has 0 spiro atoms. The first-order chi connectivity index (χ1) is 9.47. The van der Waals surface area contributed by atoms with Gasteiger partial charge in [0.05, 0.1) is 5.56 Å². The van der Waals surface area contributed by atoms with Gasteiger partial charge in [0.1, 0.15) is 0 Å². The van der Waals surface area contributed by atoms with Gasteiger partial charge < -0.3 is 0 Å². The van der Waals surface area contributed by atoms with Gasteiger partial charge in [0, 0.05) is 12.0 Å².